The van der Waals surface area contributed by atoms with Gasteiger partial charge in [0.1, 0.15) is 58.7 Å². The largest absolute Gasteiger partial charge is 0.456 e. The summed E-state index contributed by atoms with van der Waals surface area (Å²) in [4.78, 5) is 14.0. The number of furan rings is 1. The minimum absolute atomic E-state index is 0.123. The fourth-order valence-corrected chi connectivity index (χ4v) is 24.7. The summed E-state index contributed by atoms with van der Waals surface area (Å²) >= 11 is 1.72. The number of aromatic nitrogens is 4. The highest BCUT2D eigenvalue weighted by atomic mass is 32.1. The van der Waals surface area contributed by atoms with Gasteiger partial charge in [0.25, 0.3) is 0 Å². The smallest absolute Gasteiger partial charge is 0.246 e. The van der Waals surface area contributed by atoms with Crippen molar-refractivity contribution in [2.24, 2.45) is 0 Å². The highest BCUT2D eigenvalue weighted by Gasteiger charge is 2.53. The third-order valence-corrected chi connectivity index (χ3v) is 30.8. The van der Waals surface area contributed by atoms with Gasteiger partial charge in [-0.05, 0) is 205 Å². The highest BCUT2D eigenvalue weighted by Crippen LogP contribution is 2.65. The first kappa shape index (κ1) is 87.5. The zero-order valence-corrected chi connectivity index (χ0v) is 78.6. The van der Waals surface area contributed by atoms with Crippen molar-refractivity contribution in [1.82, 2.24) is 18.3 Å². The van der Waals surface area contributed by atoms with Crippen molar-refractivity contribution in [3.63, 3.8) is 0 Å². The van der Waals surface area contributed by atoms with Gasteiger partial charge in [0.2, 0.25) is 22.7 Å². The van der Waals surface area contributed by atoms with Crippen molar-refractivity contribution in [3.8, 4) is 80.4 Å². The summed E-state index contributed by atoms with van der Waals surface area (Å²) in [5.41, 5.74) is 24.6. The monoisotopic (exact) mass is 1920 g/mol. The Hall–Kier alpha value is -20.7. The number of nitrogens with zero attached hydrogens (tertiary/aromatic N) is 12. The van der Waals surface area contributed by atoms with Crippen molar-refractivity contribution in [2.75, 3.05) is 0 Å². The molecule has 0 saturated heterocycles. The van der Waals surface area contributed by atoms with E-state index in [0.29, 0.717) is 22.7 Å². The van der Waals surface area contributed by atoms with Crippen molar-refractivity contribution in [1.29, 1.82) is 21.0 Å². The maximum Gasteiger partial charge on any atom is 0.246 e. The second kappa shape index (κ2) is 34.0. The van der Waals surface area contributed by atoms with Gasteiger partial charge in [0, 0.05) is 80.1 Å². The molecule has 20 aromatic carbocycles. The van der Waals surface area contributed by atoms with E-state index in [0.717, 1.165) is 136 Å². The highest BCUT2D eigenvalue weighted by molar-refractivity contribution is 7.25. The van der Waals surface area contributed by atoms with E-state index in [1.54, 1.807) is 35.6 Å². The lowest BCUT2D eigenvalue weighted by molar-refractivity contribution is 0.628. The van der Waals surface area contributed by atoms with E-state index in [1.807, 2.05) is 182 Å². The predicted octanol–water partition coefficient (Wildman–Crippen LogP) is 34.4. The molecule has 0 fully saturated rings. The van der Waals surface area contributed by atoms with Gasteiger partial charge in [0.15, 0.2) is 0 Å². The van der Waals surface area contributed by atoms with Crippen molar-refractivity contribution < 1.29 is 22.0 Å². The molecule has 1 spiro atoms. The Morgan fingerprint density at radius 2 is 0.527 bits per heavy atom. The Kier molecular flexibility index (Phi) is 20.1. The third kappa shape index (κ3) is 12.5. The van der Waals surface area contributed by atoms with Crippen LogP contribution in [0, 0.1) is 94.9 Å². The molecule has 26 aromatic rings. The average molecular weight is 1920 g/mol. The topological polar surface area (TPSA) is 145 Å². The van der Waals surface area contributed by atoms with Crippen LogP contribution in [0.15, 0.2) is 405 Å². The summed E-state index contributed by atoms with van der Waals surface area (Å²) in [5, 5.41) is 49.9. The SMILES string of the molecule is [C-]#[N+]c1c(-n2c3ccccc3c3cc4c(cc32)C(c2ccccc2)(c2ccccc2)c2ccccc2-4)ccc(C#N)c1F.[C-]#[N+]c1c(-n2c3ccccc3c3cc4c(cc32)C2(c3ccccc3-c3ccccc32)c2ccccc2-4)ccc(C#N)c1F.[C-]#[N+]c1c(-n2c3ccccc3c3cc4c(cc32)oc2ccccc24)ccc(C#N)c1F.[C-]#[N+]c1c(-n2c3ccccc3c3cc4c(cc32)sc2ccccc24)ccc(C#N)c1F. The van der Waals surface area contributed by atoms with Gasteiger partial charge in [-0.3, -0.25) is 0 Å². The van der Waals surface area contributed by atoms with Crippen molar-refractivity contribution >= 4 is 163 Å². The minimum atomic E-state index is -0.800. The molecular formula is C130H66F4N12OS. The Morgan fingerprint density at radius 1 is 0.230 bits per heavy atom. The molecule has 0 amide bonds. The number of halogens is 4. The maximum absolute atomic E-state index is 15.4. The quantitative estimate of drug-likeness (QED) is 0.120. The lowest BCUT2D eigenvalue weighted by atomic mass is 9.67. The van der Waals surface area contributed by atoms with Crippen LogP contribution in [0.4, 0.5) is 40.3 Å². The van der Waals surface area contributed by atoms with Crippen LogP contribution in [0.25, 0.3) is 205 Å². The molecule has 6 heterocycles. The van der Waals surface area contributed by atoms with E-state index < -0.39 is 34.1 Å². The summed E-state index contributed by atoms with van der Waals surface area (Å²) in [5.74, 6) is -3.16. The molecule has 18 heteroatoms. The van der Waals surface area contributed by atoms with E-state index in [-0.39, 0.29) is 45.0 Å². The van der Waals surface area contributed by atoms with Gasteiger partial charge in [-0.15, -0.1) is 11.3 Å². The minimum Gasteiger partial charge on any atom is -0.456 e. The number of hydrogen-bond acceptors (Lipinski definition) is 6. The second-order valence-electron chi connectivity index (χ2n) is 36.7. The number of hydrogen-bond donors (Lipinski definition) is 0. The molecule has 3 aliphatic rings. The lowest BCUT2D eigenvalue weighted by Gasteiger charge is -2.34. The van der Waals surface area contributed by atoms with Gasteiger partial charge < -0.3 is 22.7 Å². The van der Waals surface area contributed by atoms with Crippen LogP contribution in [0.3, 0.4) is 0 Å². The molecule has 686 valence electrons. The summed E-state index contributed by atoms with van der Waals surface area (Å²) in [6.07, 6.45) is 0. The van der Waals surface area contributed by atoms with Crippen LogP contribution in [0.2, 0.25) is 0 Å². The summed E-state index contributed by atoms with van der Waals surface area (Å²) in [6, 6.07) is 141. The number of para-hydroxylation sites is 5. The molecule has 148 heavy (non-hydrogen) atoms. The Balaban J connectivity index is 0.000000101. The number of nitriles is 4. The second-order valence-corrected chi connectivity index (χ2v) is 37.7. The van der Waals surface area contributed by atoms with Gasteiger partial charge in [-0.25, -0.2) is 36.9 Å². The first-order chi connectivity index (χ1) is 72.8. The van der Waals surface area contributed by atoms with Gasteiger partial charge in [0.05, 0.1) is 126 Å². The number of benzene rings is 20. The maximum atomic E-state index is 15.4. The van der Waals surface area contributed by atoms with E-state index in [9.17, 15) is 29.8 Å². The van der Waals surface area contributed by atoms with Gasteiger partial charge >= 0.3 is 0 Å². The normalized spacial score (nSPS) is 12.4. The van der Waals surface area contributed by atoms with E-state index in [1.165, 1.54) is 95.4 Å². The van der Waals surface area contributed by atoms with Crippen LogP contribution < -0.4 is 0 Å². The molecule has 29 rings (SSSR count). The zero-order valence-electron chi connectivity index (χ0n) is 77.8. The Morgan fingerprint density at radius 3 is 0.912 bits per heavy atom. The molecule has 0 unspecified atom stereocenters. The lowest BCUT2D eigenvalue weighted by Crippen LogP contribution is -2.28. The first-order valence-electron chi connectivity index (χ1n) is 47.5. The van der Waals surface area contributed by atoms with Crippen molar-refractivity contribution in [2.45, 2.75) is 10.8 Å². The molecule has 0 N–H and O–H groups in total. The van der Waals surface area contributed by atoms with E-state index in [4.69, 9.17) is 30.7 Å². The molecular weight excluding hydrogens is 1850 g/mol. The predicted molar refractivity (Wildman–Crippen MR) is 581 cm³/mol. The van der Waals surface area contributed by atoms with Crippen LogP contribution in [-0.4, -0.2) is 18.3 Å². The fraction of sp³-hybridized carbons (Fsp3) is 0.0154. The van der Waals surface area contributed by atoms with Crippen LogP contribution in [-0.2, 0) is 10.8 Å². The average Bonchev–Trinajstić information content (AvgIpc) is 1.50. The first-order valence-corrected chi connectivity index (χ1v) is 48.4. The number of rotatable bonds is 6. The molecule has 0 bridgehead atoms. The summed E-state index contributed by atoms with van der Waals surface area (Å²) in [6.45, 7) is 30.9. The fourth-order valence-electron chi connectivity index (χ4n) is 23.6. The standard InChI is InChI=1S/C39H20FN3.C39H22FN3.C26H12FN3O.C26H12FN3S/c1-42-38-35(19-18-23(22-41)37(38)40)43-34-17-9-5-13-27(34)29-20-28-26-12-4-8-16-32(26)39(33(28)21-36(29)43)30-14-6-2-10-24(30)25-11-3-7-15-31(25)39;1-42-38-35(21-20-25(24-41)37(38)40)43-34-19-11-9-17-29(34)31-22-30-28-16-8-10-18-32(28)39(33(30)23-36(31)43,26-12-4-2-5-13-26)27-14-6-3-7-15-27;2*1-29-26-21(11-10-15(14-28)25(26)27)30-20-8-4-2-6-16(20)18-12-19-17-7-3-5-9-23(17)31-24(19)13-22(18)30/h2-21H;2-23H;2*2-13H. The molecule has 0 atom stereocenters. The van der Waals surface area contributed by atoms with Gasteiger partial charge in [-0.1, -0.05) is 267 Å². The Bertz CT molecular complexity index is 10100. The van der Waals surface area contributed by atoms with Crippen LogP contribution in [0.1, 0.15) is 66.8 Å². The zero-order chi connectivity index (χ0) is 100. The van der Waals surface area contributed by atoms with Crippen LogP contribution in [0.5, 0.6) is 0 Å². The summed E-state index contributed by atoms with van der Waals surface area (Å²) in [7, 11) is 0. The Labute approximate surface area is 846 Å². The number of thiophene rings is 1. The molecule has 0 radical (unpaired) electrons. The van der Waals surface area contributed by atoms with Crippen LogP contribution >= 0.6 is 11.3 Å². The summed E-state index contributed by atoms with van der Waals surface area (Å²) < 4.78 is 76.8. The molecule has 3 aliphatic carbocycles. The number of fused-ring (bicyclic) bond motifs is 31. The molecule has 0 saturated carbocycles. The molecule has 6 aromatic heterocycles. The van der Waals surface area contributed by atoms with E-state index >= 15 is 8.78 Å². The molecule has 0 aliphatic heterocycles. The van der Waals surface area contributed by atoms with Crippen molar-refractivity contribution in [3.05, 3.63) is 536 Å². The third-order valence-electron chi connectivity index (χ3n) is 29.7. The van der Waals surface area contributed by atoms with E-state index in [2.05, 4.69) is 232 Å². The molecule has 13 nitrogen and oxygen atoms in total. The van der Waals surface area contributed by atoms with Gasteiger partial charge in [-0.2, -0.15) is 21.0 Å².